The number of methoxy groups -OCH3 is 1. The Labute approximate surface area is 135 Å². The highest BCUT2D eigenvalue weighted by atomic mass is 16.5. The molecular formula is C17H33N3O2. The monoisotopic (exact) mass is 311 g/mol. The molecule has 0 amide bonds. The molecule has 1 rings (SSSR count). The zero-order valence-electron chi connectivity index (χ0n) is 14.8. The van der Waals surface area contributed by atoms with E-state index in [0.717, 1.165) is 38.4 Å². The van der Waals surface area contributed by atoms with E-state index in [4.69, 9.17) is 0 Å². The van der Waals surface area contributed by atoms with E-state index in [9.17, 15) is 4.79 Å². The minimum atomic E-state index is -0.129. The Hall–Kier alpha value is -1.26. The van der Waals surface area contributed by atoms with Crippen molar-refractivity contribution < 1.29 is 9.53 Å². The van der Waals surface area contributed by atoms with Gasteiger partial charge in [-0.3, -0.25) is 9.79 Å². The van der Waals surface area contributed by atoms with Gasteiger partial charge in [-0.15, -0.1) is 0 Å². The number of nitrogens with one attached hydrogen (secondary N) is 1. The molecule has 22 heavy (non-hydrogen) atoms. The number of guanidine groups is 1. The maximum atomic E-state index is 11.1. The summed E-state index contributed by atoms with van der Waals surface area (Å²) >= 11 is 0. The number of likely N-dealkylation sites (tertiary alicyclic amines) is 1. The third kappa shape index (κ3) is 6.24. The van der Waals surface area contributed by atoms with Gasteiger partial charge in [0.25, 0.3) is 0 Å². The Balaban J connectivity index is 2.36. The summed E-state index contributed by atoms with van der Waals surface area (Å²) in [7, 11) is 3.29. The number of ether oxygens (including phenoxy) is 1. The number of hydrogen-bond donors (Lipinski definition) is 1. The lowest BCUT2D eigenvalue weighted by Gasteiger charge is -2.42. The van der Waals surface area contributed by atoms with Crippen molar-refractivity contribution in [1.82, 2.24) is 10.2 Å². The lowest BCUT2D eigenvalue weighted by atomic mass is 9.78. The molecule has 1 aliphatic rings. The normalized spacial score (nSPS) is 22.5. The van der Waals surface area contributed by atoms with Crippen LogP contribution in [0, 0.1) is 5.41 Å². The zero-order chi connectivity index (χ0) is 16.4. The van der Waals surface area contributed by atoms with Gasteiger partial charge in [0.1, 0.15) is 0 Å². The zero-order valence-corrected chi connectivity index (χ0v) is 14.8. The summed E-state index contributed by atoms with van der Waals surface area (Å²) in [6.45, 7) is 7.68. The largest absolute Gasteiger partial charge is 0.469 e. The van der Waals surface area contributed by atoms with E-state index in [1.54, 1.807) is 0 Å². The van der Waals surface area contributed by atoms with E-state index in [1.165, 1.54) is 32.8 Å². The Kier molecular flexibility index (Phi) is 8.28. The lowest BCUT2D eigenvalue weighted by Crippen LogP contribution is -2.50. The van der Waals surface area contributed by atoms with Crippen LogP contribution in [0.25, 0.3) is 0 Å². The highest BCUT2D eigenvalue weighted by molar-refractivity contribution is 5.80. The third-order valence-electron chi connectivity index (χ3n) is 4.46. The number of nitrogens with zero attached hydrogens (tertiary/aromatic N) is 2. The number of aliphatic imine (C=N–C) groups is 1. The molecule has 1 N–H and O–H groups in total. The van der Waals surface area contributed by atoms with Crippen molar-refractivity contribution in [2.75, 3.05) is 33.8 Å². The van der Waals surface area contributed by atoms with Crippen molar-refractivity contribution >= 4 is 11.9 Å². The third-order valence-corrected chi connectivity index (χ3v) is 4.46. The molecule has 0 spiro atoms. The summed E-state index contributed by atoms with van der Waals surface area (Å²) in [6.07, 6.45) is 7.37. The molecular weight excluding hydrogens is 278 g/mol. The standard InChI is InChI=1S/C17H33N3O2/c1-5-10-17(2)11-8-13-20(14-17)16(18-3)19-12-7-6-9-15(21)22-4/h5-14H2,1-4H3,(H,18,19). The topological polar surface area (TPSA) is 53.9 Å². The fraction of sp³-hybridized carbons (Fsp3) is 0.882. The molecule has 1 unspecified atom stereocenters. The van der Waals surface area contributed by atoms with Crippen LogP contribution in [0.4, 0.5) is 0 Å². The first-order valence-electron chi connectivity index (χ1n) is 8.57. The van der Waals surface area contributed by atoms with Crippen LogP contribution in [0.15, 0.2) is 4.99 Å². The highest BCUT2D eigenvalue weighted by Gasteiger charge is 2.31. The predicted molar refractivity (Wildman–Crippen MR) is 91.1 cm³/mol. The molecule has 0 aromatic rings. The van der Waals surface area contributed by atoms with Crippen molar-refractivity contribution in [1.29, 1.82) is 0 Å². The van der Waals surface area contributed by atoms with Gasteiger partial charge in [-0.2, -0.15) is 0 Å². The quantitative estimate of drug-likeness (QED) is 0.340. The number of rotatable bonds is 7. The van der Waals surface area contributed by atoms with Crippen LogP contribution in [0.2, 0.25) is 0 Å². The number of esters is 1. The Morgan fingerprint density at radius 3 is 2.82 bits per heavy atom. The summed E-state index contributed by atoms with van der Waals surface area (Å²) in [5, 5.41) is 3.43. The molecule has 0 aliphatic carbocycles. The first-order valence-corrected chi connectivity index (χ1v) is 8.57. The van der Waals surface area contributed by atoms with Gasteiger partial charge >= 0.3 is 5.97 Å². The maximum absolute atomic E-state index is 11.1. The Bertz CT molecular complexity index is 367. The van der Waals surface area contributed by atoms with E-state index in [1.807, 2.05) is 7.05 Å². The van der Waals surface area contributed by atoms with Crippen molar-refractivity contribution in [2.24, 2.45) is 10.4 Å². The molecule has 0 saturated carbocycles. The first-order chi connectivity index (χ1) is 10.5. The predicted octanol–water partition coefficient (Wildman–Crippen LogP) is 2.81. The van der Waals surface area contributed by atoms with Crippen LogP contribution in [-0.4, -0.2) is 50.6 Å². The first kappa shape index (κ1) is 18.8. The van der Waals surface area contributed by atoms with Gasteiger partial charge in [-0.25, -0.2) is 0 Å². The van der Waals surface area contributed by atoms with Crippen molar-refractivity contribution in [3.63, 3.8) is 0 Å². The van der Waals surface area contributed by atoms with Gasteiger partial charge < -0.3 is 15.0 Å². The van der Waals surface area contributed by atoms with Gasteiger partial charge in [0, 0.05) is 33.1 Å². The number of unbranched alkanes of at least 4 members (excludes halogenated alkanes) is 1. The molecule has 1 heterocycles. The minimum Gasteiger partial charge on any atom is -0.469 e. The second-order valence-electron chi connectivity index (χ2n) is 6.59. The van der Waals surface area contributed by atoms with E-state index in [0.29, 0.717) is 11.8 Å². The molecule has 1 saturated heterocycles. The lowest BCUT2D eigenvalue weighted by molar-refractivity contribution is -0.140. The van der Waals surface area contributed by atoms with Crippen LogP contribution in [-0.2, 0) is 9.53 Å². The second kappa shape index (κ2) is 9.70. The fourth-order valence-electron chi connectivity index (χ4n) is 3.33. The van der Waals surface area contributed by atoms with Crippen LogP contribution < -0.4 is 5.32 Å². The summed E-state index contributed by atoms with van der Waals surface area (Å²) in [5.41, 5.74) is 0.412. The van der Waals surface area contributed by atoms with E-state index >= 15 is 0 Å². The van der Waals surface area contributed by atoms with E-state index in [2.05, 4.69) is 33.8 Å². The van der Waals surface area contributed by atoms with E-state index < -0.39 is 0 Å². The average Bonchev–Trinajstić information content (AvgIpc) is 2.50. The smallest absolute Gasteiger partial charge is 0.305 e. The minimum absolute atomic E-state index is 0.129. The molecule has 0 aromatic carbocycles. The molecule has 0 radical (unpaired) electrons. The summed E-state index contributed by atoms with van der Waals surface area (Å²) in [5.74, 6) is 0.871. The molecule has 5 heteroatoms. The highest BCUT2D eigenvalue weighted by Crippen LogP contribution is 2.33. The molecule has 0 aromatic heterocycles. The second-order valence-corrected chi connectivity index (χ2v) is 6.59. The molecule has 1 fully saturated rings. The fourth-order valence-corrected chi connectivity index (χ4v) is 3.33. The van der Waals surface area contributed by atoms with Crippen LogP contribution >= 0.6 is 0 Å². The van der Waals surface area contributed by atoms with Crippen LogP contribution in [0.5, 0.6) is 0 Å². The molecule has 1 aliphatic heterocycles. The van der Waals surface area contributed by atoms with Crippen molar-refractivity contribution in [3.05, 3.63) is 0 Å². The van der Waals surface area contributed by atoms with Gasteiger partial charge in [0.2, 0.25) is 0 Å². The number of hydrogen-bond acceptors (Lipinski definition) is 3. The van der Waals surface area contributed by atoms with Gasteiger partial charge in [-0.05, 0) is 37.5 Å². The number of piperidine rings is 1. The number of carbonyl (C=O) groups excluding carboxylic acids is 1. The van der Waals surface area contributed by atoms with Gasteiger partial charge in [0.05, 0.1) is 7.11 Å². The Morgan fingerprint density at radius 1 is 1.41 bits per heavy atom. The molecule has 0 bridgehead atoms. The van der Waals surface area contributed by atoms with E-state index in [-0.39, 0.29) is 5.97 Å². The summed E-state index contributed by atoms with van der Waals surface area (Å²) in [6, 6.07) is 0. The van der Waals surface area contributed by atoms with Gasteiger partial charge in [-0.1, -0.05) is 20.3 Å². The van der Waals surface area contributed by atoms with Crippen molar-refractivity contribution in [3.8, 4) is 0 Å². The molecule has 5 nitrogen and oxygen atoms in total. The van der Waals surface area contributed by atoms with Crippen LogP contribution in [0.3, 0.4) is 0 Å². The van der Waals surface area contributed by atoms with Crippen molar-refractivity contribution in [2.45, 2.75) is 58.8 Å². The van der Waals surface area contributed by atoms with Crippen LogP contribution in [0.1, 0.15) is 58.8 Å². The average molecular weight is 311 g/mol. The van der Waals surface area contributed by atoms with Gasteiger partial charge in [0.15, 0.2) is 5.96 Å². The SMILES string of the molecule is CCCC1(C)CCCN(C(=NC)NCCCCC(=O)OC)C1. The maximum Gasteiger partial charge on any atom is 0.305 e. The molecule has 1 atom stereocenters. The summed E-state index contributed by atoms with van der Waals surface area (Å²) in [4.78, 5) is 17.9. The molecule has 128 valence electrons. The summed E-state index contributed by atoms with van der Waals surface area (Å²) < 4.78 is 4.65. The number of carbonyl (C=O) groups is 1. The Morgan fingerprint density at radius 2 is 2.18 bits per heavy atom.